The van der Waals surface area contributed by atoms with Gasteiger partial charge in [0, 0.05) is 6.54 Å². The molecule has 0 radical (unpaired) electrons. The largest absolute Gasteiger partial charge is 0.486 e. The van der Waals surface area contributed by atoms with Crippen molar-refractivity contribution >= 4 is 5.91 Å². The molecule has 1 aliphatic rings. The van der Waals surface area contributed by atoms with Crippen LogP contribution in [0.15, 0.2) is 24.3 Å². The Balaban J connectivity index is 1.82. The molecule has 0 saturated carbocycles. The molecular formula is C15H21FN2O3. The van der Waals surface area contributed by atoms with Crippen molar-refractivity contribution in [3.63, 3.8) is 0 Å². The van der Waals surface area contributed by atoms with E-state index in [1.165, 1.54) is 6.07 Å². The molecule has 116 valence electrons. The van der Waals surface area contributed by atoms with Crippen LogP contribution in [0.2, 0.25) is 0 Å². The molecule has 0 aliphatic carbocycles. The van der Waals surface area contributed by atoms with Gasteiger partial charge in [-0.3, -0.25) is 4.79 Å². The summed E-state index contributed by atoms with van der Waals surface area (Å²) in [6.45, 7) is 2.65. The molecule has 3 N–H and O–H groups in total. The number of aliphatic hydroxyl groups is 1. The van der Waals surface area contributed by atoms with Gasteiger partial charge in [0.25, 0.3) is 0 Å². The van der Waals surface area contributed by atoms with E-state index in [0.29, 0.717) is 25.9 Å². The van der Waals surface area contributed by atoms with Gasteiger partial charge in [-0.05, 0) is 25.0 Å². The third-order valence-electron chi connectivity index (χ3n) is 3.51. The van der Waals surface area contributed by atoms with Gasteiger partial charge in [0.15, 0.2) is 11.6 Å². The van der Waals surface area contributed by atoms with Crippen LogP contribution in [-0.4, -0.2) is 42.4 Å². The fourth-order valence-corrected chi connectivity index (χ4v) is 2.24. The molecule has 1 aromatic carbocycles. The Morgan fingerprint density at radius 1 is 1.57 bits per heavy atom. The van der Waals surface area contributed by atoms with E-state index >= 15 is 0 Å². The monoisotopic (exact) mass is 296 g/mol. The minimum absolute atomic E-state index is 0.165. The summed E-state index contributed by atoms with van der Waals surface area (Å²) in [6.07, 6.45) is 0.293. The third kappa shape index (κ3) is 4.41. The number of amides is 1. The Hall–Kier alpha value is -1.66. The van der Waals surface area contributed by atoms with Gasteiger partial charge in [-0.25, -0.2) is 4.39 Å². The molecular weight excluding hydrogens is 275 g/mol. The zero-order chi connectivity index (χ0) is 15.2. The predicted molar refractivity (Wildman–Crippen MR) is 76.5 cm³/mol. The maximum absolute atomic E-state index is 13.5. The molecule has 2 rings (SSSR count). The smallest absolute Gasteiger partial charge is 0.237 e. The Morgan fingerprint density at radius 3 is 2.95 bits per heavy atom. The van der Waals surface area contributed by atoms with Crippen molar-refractivity contribution in [1.29, 1.82) is 0 Å². The van der Waals surface area contributed by atoms with E-state index in [0.717, 1.165) is 0 Å². The van der Waals surface area contributed by atoms with E-state index in [1.54, 1.807) is 18.2 Å². The average Bonchev–Trinajstić information content (AvgIpc) is 2.91. The second kappa shape index (κ2) is 7.38. The summed E-state index contributed by atoms with van der Waals surface area (Å²) in [6, 6.07) is 5.83. The second-order valence-electron chi connectivity index (χ2n) is 5.17. The molecule has 1 amide bonds. The van der Waals surface area contributed by atoms with Gasteiger partial charge in [0.2, 0.25) is 5.91 Å². The van der Waals surface area contributed by atoms with Crippen molar-refractivity contribution in [2.75, 3.05) is 13.1 Å². The van der Waals surface area contributed by atoms with Crippen LogP contribution in [-0.2, 0) is 4.79 Å². The number of benzene rings is 1. The average molecular weight is 296 g/mol. The van der Waals surface area contributed by atoms with Gasteiger partial charge in [-0.1, -0.05) is 19.1 Å². The number of β-amino-alcohol motifs (C(OH)–C–C–N with tert-alkyl or cyclic N) is 1. The number of carbonyl (C=O) groups is 1. The lowest BCUT2D eigenvalue weighted by molar-refractivity contribution is -0.123. The third-order valence-corrected chi connectivity index (χ3v) is 3.51. The normalized spacial score (nSPS) is 22.8. The van der Waals surface area contributed by atoms with Crippen molar-refractivity contribution in [2.45, 2.75) is 38.0 Å². The highest BCUT2D eigenvalue weighted by atomic mass is 19.1. The SMILES string of the molecule is CCC(CNC(=O)C1CC(O)CN1)Oc1ccccc1F. The van der Waals surface area contributed by atoms with Gasteiger partial charge in [0.1, 0.15) is 6.10 Å². The summed E-state index contributed by atoms with van der Waals surface area (Å²) >= 11 is 0. The second-order valence-corrected chi connectivity index (χ2v) is 5.17. The summed E-state index contributed by atoms with van der Waals surface area (Å²) in [5, 5.41) is 15.1. The van der Waals surface area contributed by atoms with E-state index in [2.05, 4.69) is 10.6 Å². The number of hydrogen-bond donors (Lipinski definition) is 3. The lowest BCUT2D eigenvalue weighted by Gasteiger charge is -2.19. The molecule has 0 aromatic heterocycles. The molecule has 1 aromatic rings. The minimum Gasteiger partial charge on any atom is -0.486 e. The molecule has 1 saturated heterocycles. The Labute approximate surface area is 123 Å². The van der Waals surface area contributed by atoms with Gasteiger partial charge in [-0.15, -0.1) is 0 Å². The highest BCUT2D eigenvalue weighted by Crippen LogP contribution is 2.17. The molecule has 0 bridgehead atoms. The lowest BCUT2D eigenvalue weighted by Crippen LogP contribution is -2.44. The van der Waals surface area contributed by atoms with Gasteiger partial charge in [0.05, 0.1) is 18.7 Å². The van der Waals surface area contributed by atoms with Crippen molar-refractivity contribution in [3.05, 3.63) is 30.1 Å². The van der Waals surface area contributed by atoms with Crippen molar-refractivity contribution in [2.24, 2.45) is 0 Å². The van der Waals surface area contributed by atoms with Crippen LogP contribution in [0, 0.1) is 5.82 Å². The summed E-state index contributed by atoms with van der Waals surface area (Å²) in [7, 11) is 0. The molecule has 1 heterocycles. The zero-order valence-corrected chi connectivity index (χ0v) is 12.0. The molecule has 3 unspecified atom stereocenters. The predicted octanol–water partition coefficient (Wildman–Crippen LogP) is 0.822. The summed E-state index contributed by atoms with van der Waals surface area (Å²) in [5.74, 6) is -0.391. The Bertz CT molecular complexity index is 484. The number of nitrogens with one attached hydrogen (secondary N) is 2. The first kappa shape index (κ1) is 15.7. The molecule has 0 spiro atoms. The van der Waals surface area contributed by atoms with Gasteiger partial charge >= 0.3 is 0 Å². The molecule has 3 atom stereocenters. The highest BCUT2D eigenvalue weighted by Gasteiger charge is 2.28. The van der Waals surface area contributed by atoms with E-state index < -0.39 is 11.9 Å². The van der Waals surface area contributed by atoms with Crippen LogP contribution in [0.4, 0.5) is 4.39 Å². The summed E-state index contributed by atoms with van der Waals surface area (Å²) in [4.78, 5) is 11.9. The Kier molecular flexibility index (Phi) is 5.52. The highest BCUT2D eigenvalue weighted by molar-refractivity contribution is 5.82. The van der Waals surface area contributed by atoms with Crippen LogP contribution >= 0.6 is 0 Å². The van der Waals surface area contributed by atoms with Crippen LogP contribution in [0.3, 0.4) is 0 Å². The molecule has 6 heteroatoms. The first-order valence-corrected chi connectivity index (χ1v) is 7.20. The minimum atomic E-state index is -0.475. The van der Waals surface area contributed by atoms with Crippen molar-refractivity contribution in [3.8, 4) is 5.75 Å². The number of para-hydroxylation sites is 1. The fourth-order valence-electron chi connectivity index (χ4n) is 2.24. The maximum Gasteiger partial charge on any atom is 0.237 e. The molecule has 1 fully saturated rings. The van der Waals surface area contributed by atoms with Crippen molar-refractivity contribution in [1.82, 2.24) is 10.6 Å². The van der Waals surface area contributed by atoms with E-state index in [4.69, 9.17) is 4.74 Å². The van der Waals surface area contributed by atoms with Crippen LogP contribution < -0.4 is 15.4 Å². The summed E-state index contributed by atoms with van der Waals surface area (Å²) in [5.41, 5.74) is 0. The van der Waals surface area contributed by atoms with E-state index in [1.807, 2.05) is 6.92 Å². The van der Waals surface area contributed by atoms with Crippen LogP contribution in [0.25, 0.3) is 0 Å². The standard InChI is InChI=1S/C15H21FN2O3/c1-2-11(21-14-6-4-3-5-12(14)16)9-18-15(20)13-7-10(19)8-17-13/h3-6,10-11,13,17,19H,2,7-9H2,1H3,(H,18,20). The van der Waals surface area contributed by atoms with E-state index in [9.17, 15) is 14.3 Å². The number of aliphatic hydroxyl groups excluding tert-OH is 1. The quantitative estimate of drug-likeness (QED) is 0.727. The Morgan fingerprint density at radius 2 is 2.33 bits per heavy atom. The van der Waals surface area contributed by atoms with Crippen LogP contribution in [0.5, 0.6) is 5.75 Å². The number of halogens is 1. The lowest BCUT2D eigenvalue weighted by atomic mass is 10.2. The number of carbonyl (C=O) groups excluding carboxylic acids is 1. The fraction of sp³-hybridized carbons (Fsp3) is 0.533. The van der Waals surface area contributed by atoms with Gasteiger partial charge < -0.3 is 20.5 Å². The van der Waals surface area contributed by atoms with Gasteiger partial charge in [-0.2, -0.15) is 0 Å². The summed E-state index contributed by atoms with van der Waals surface area (Å²) < 4.78 is 19.1. The van der Waals surface area contributed by atoms with Crippen LogP contribution in [0.1, 0.15) is 19.8 Å². The number of ether oxygens (including phenoxy) is 1. The number of rotatable bonds is 6. The zero-order valence-electron chi connectivity index (χ0n) is 12.0. The molecule has 5 nitrogen and oxygen atoms in total. The van der Waals surface area contributed by atoms with Crippen molar-refractivity contribution < 1.29 is 19.0 Å². The topological polar surface area (TPSA) is 70.6 Å². The molecule has 21 heavy (non-hydrogen) atoms. The van der Waals surface area contributed by atoms with E-state index in [-0.39, 0.29) is 23.8 Å². The maximum atomic E-state index is 13.5. The molecule has 1 aliphatic heterocycles. The first-order chi connectivity index (χ1) is 10.1. The first-order valence-electron chi connectivity index (χ1n) is 7.20. The number of hydrogen-bond acceptors (Lipinski definition) is 4.